The number of carbonyl (C=O) groups is 1. The molecule has 0 aliphatic heterocycles. The van der Waals surface area contributed by atoms with Crippen LogP contribution in [0.4, 0.5) is 0 Å². The van der Waals surface area contributed by atoms with E-state index in [9.17, 15) is 4.79 Å². The van der Waals surface area contributed by atoms with Gasteiger partial charge in [0.2, 0.25) is 5.76 Å². The lowest BCUT2D eigenvalue weighted by molar-refractivity contribution is 0.0661. The van der Waals surface area contributed by atoms with Crippen LogP contribution in [0.2, 0.25) is 0 Å². The van der Waals surface area contributed by atoms with Crippen molar-refractivity contribution in [3.8, 4) is 0 Å². The second-order valence-electron chi connectivity index (χ2n) is 2.62. The summed E-state index contributed by atoms with van der Waals surface area (Å²) in [6.45, 7) is 0. The first-order valence-corrected chi connectivity index (χ1v) is 5.95. The van der Waals surface area contributed by atoms with Crippen molar-refractivity contribution in [3.05, 3.63) is 34.2 Å². The molecular weight excluding hydrogens is 259 g/mol. The Hall–Kier alpha value is -0.580. The van der Waals surface area contributed by atoms with E-state index in [1.54, 1.807) is 6.07 Å². The Bertz CT molecular complexity index is 373. The van der Waals surface area contributed by atoms with Crippen molar-refractivity contribution in [1.82, 2.24) is 0 Å². The first kappa shape index (κ1) is 12.5. The first-order chi connectivity index (χ1) is 7.13. The van der Waals surface area contributed by atoms with Gasteiger partial charge >= 0.3 is 5.97 Å². The number of thioether (sulfide) groups is 1. The zero-order valence-electron chi connectivity index (χ0n) is 7.57. The van der Waals surface area contributed by atoms with Crippen molar-refractivity contribution in [1.29, 1.82) is 0 Å². The molecule has 0 unspecified atom stereocenters. The van der Waals surface area contributed by atoms with Gasteiger partial charge in [0.1, 0.15) is 5.76 Å². The Labute approximate surface area is 101 Å². The number of hydrogen-bond donors (Lipinski definition) is 1. The predicted molar refractivity (Wildman–Crippen MR) is 61.6 cm³/mol. The highest BCUT2D eigenvalue weighted by molar-refractivity contribution is 7.98. The minimum absolute atomic E-state index is 0.0513. The van der Waals surface area contributed by atoms with Crippen molar-refractivity contribution in [2.45, 2.75) is 5.75 Å². The summed E-state index contributed by atoms with van der Waals surface area (Å²) in [5.41, 5.74) is 1.30. The molecule has 0 aliphatic rings. The van der Waals surface area contributed by atoms with Gasteiger partial charge in [-0.3, -0.25) is 0 Å². The van der Waals surface area contributed by atoms with E-state index >= 15 is 0 Å². The van der Waals surface area contributed by atoms with E-state index in [2.05, 4.69) is 0 Å². The van der Waals surface area contributed by atoms with Gasteiger partial charge in [0.15, 0.2) is 0 Å². The van der Waals surface area contributed by atoms with Crippen LogP contribution in [-0.4, -0.2) is 16.8 Å². The molecule has 1 aromatic heterocycles. The predicted octanol–water partition coefficient (Wildman–Crippen LogP) is 3.53. The van der Waals surface area contributed by atoms with E-state index in [0.29, 0.717) is 22.3 Å². The lowest BCUT2D eigenvalue weighted by Gasteiger charge is -1.96. The first-order valence-electron chi connectivity index (χ1n) is 3.98. The molecule has 0 bridgehead atoms. The summed E-state index contributed by atoms with van der Waals surface area (Å²) in [4.78, 5) is 10.5. The smallest absolute Gasteiger partial charge is 0.371 e. The Balaban J connectivity index is 2.41. The molecule has 3 nitrogen and oxygen atoms in total. The van der Waals surface area contributed by atoms with Crippen molar-refractivity contribution in [2.75, 3.05) is 5.75 Å². The summed E-state index contributed by atoms with van der Waals surface area (Å²) in [6, 6.07) is 3.06. The van der Waals surface area contributed by atoms with Crippen LogP contribution in [0, 0.1) is 0 Å². The largest absolute Gasteiger partial charge is 0.475 e. The fourth-order valence-electron chi connectivity index (χ4n) is 0.851. The monoisotopic (exact) mass is 266 g/mol. The molecule has 0 saturated carbocycles. The van der Waals surface area contributed by atoms with Gasteiger partial charge in [0.25, 0.3) is 0 Å². The Kier molecular flexibility index (Phi) is 5.08. The van der Waals surface area contributed by atoms with Gasteiger partial charge in [0, 0.05) is 16.3 Å². The standard InChI is InChI=1S/C9H8Cl2O3S/c10-3-6(11)4-15-5-7-1-2-8(14-7)9(12)13/h1-3H,4-5H2,(H,12,13)/b6-3-. The molecular formula is C9H8Cl2O3S. The Morgan fingerprint density at radius 2 is 2.33 bits per heavy atom. The van der Waals surface area contributed by atoms with E-state index < -0.39 is 5.97 Å². The van der Waals surface area contributed by atoms with Crippen molar-refractivity contribution >= 4 is 40.9 Å². The maximum Gasteiger partial charge on any atom is 0.371 e. The lowest BCUT2D eigenvalue weighted by atomic mass is 10.4. The molecule has 15 heavy (non-hydrogen) atoms. The molecule has 0 aromatic carbocycles. The molecule has 0 radical (unpaired) electrons. The zero-order valence-corrected chi connectivity index (χ0v) is 9.90. The molecule has 0 amide bonds. The van der Waals surface area contributed by atoms with E-state index in [1.807, 2.05) is 0 Å². The summed E-state index contributed by atoms with van der Waals surface area (Å²) >= 11 is 12.5. The molecule has 1 heterocycles. The second kappa shape index (κ2) is 6.10. The number of rotatable bonds is 5. The average molecular weight is 267 g/mol. The van der Waals surface area contributed by atoms with Crippen LogP contribution in [0.1, 0.15) is 16.3 Å². The van der Waals surface area contributed by atoms with Crippen molar-refractivity contribution in [2.24, 2.45) is 0 Å². The highest BCUT2D eigenvalue weighted by Crippen LogP contribution is 2.19. The van der Waals surface area contributed by atoms with E-state index in [1.165, 1.54) is 23.4 Å². The fraction of sp³-hybridized carbons (Fsp3) is 0.222. The van der Waals surface area contributed by atoms with Gasteiger partial charge in [-0.05, 0) is 12.1 Å². The number of furan rings is 1. The zero-order chi connectivity index (χ0) is 11.3. The topological polar surface area (TPSA) is 50.4 Å². The van der Waals surface area contributed by atoms with Gasteiger partial charge in [0.05, 0.1) is 5.75 Å². The van der Waals surface area contributed by atoms with Crippen LogP contribution in [0.5, 0.6) is 0 Å². The van der Waals surface area contributed by atoms with Crippen LogP contribution in [0.25, 0.3) is 0 Å². The molecule has 1 rings (SSSR count). The molecule has 82 valence electrons. The fourth-order valence-corrected chi connectivity index (χ4v) is 1.99. The maximum absolute atomic E-state index is 10.5. The summed E-state index contributed by atoms with van der Waals surface area (Å²) in [6.07, 6.45) is 0. The van der Waals surface area contributed by atoms with Gasteiger partial charge in [-0.25, -0.2) is 4.79 Å². The van der Waals surface area contributed by atoms with Crippen LogP contribution in [0.15, 0.2) is 27.1 Å². The van der Waals surface area contributed by atoms with Crippen LogP contribution in [0.3, 0.4) is 0 Å². The molecule has 0 atom stereocenters. The maximum atomic E-state index is 10.5. The molecule has 0 fully saturated rings. The highest BCUT2D eigenvalue weighted by atomic mass is 35.5. The lowest BCUT2D eigenvalue weighted by Crippen LogP contribution is -1.91. The normalized spacial score (nSPS) is 11.7. The summed E-state index contributed by atoms with van der Waals surface area (Å²) < 4.78 is 5.04. The van der Waals surface area contributed by atoms with E-state index in [4.69, 9.17) is 32.7 Å². The molecule has 0 spiro atoms. The molecule has 6 heteroatoms. The summed E-state index contributed by atoms with van der Waals surface area (Å²) in [5.74, 6) is 0.633. The van der Waals surface area contributed by atoms with Crippen LogP contribution < -0.4 is 0 Å². The number of hydrogen-bond acceptors (Lipinski definition) is 3. The molecule has 1 N–H and O–H groups in total. The van der Waals surface area contributed by atoms with Crippen LogP contribution >= 0.6 is 35.0 Å². The van der Waals surface area contributed by atoms with Crippen molar-refractivity contribution < 1.29 is 14.3 Å². The average Bonchev–Trinajstić information content (AvgIpc) is 2.66. The minimum atomic E-state index is -1.06. The van der Waals surface area contributed by atoms with Gasteiger partial charge in [-0.15, -0.1) is 11.8 Å². The Morgan fingerprint density at radius 3 is 2.87 bits per heavy atom. The summed E-state index contributed by atoms with van der Waals surface area (Å²) in [5, 5.41) is 9.15. The third-order valence-corrected chi connectivity index (χ3v) is 3.26. The van der Waals surface area contributed by atoms with Gasteiger partial charge in [-0.1, -0.05) is 23.2 Å². The van der Waals surface area contributed by atoms with Gasteiger partial charge in [-0.2, -0.15) is 0 Å². The quantitative estimate of drug-likeness (QED) is 0.886. The van der Waals surface area contributed by atoms with Crippen LogP contribution in [-0.2, 0) is 5.75 Å². The molecule has 0 aliphatic carbocycles. The molecule has 1 aromatic rings. The van der Waals surface area contributed by atoms with Gasteiger partial charge < -0.3 is 9.52 Å². The number of halogens is 2. The third kappa shape index (κ3) is 4.20. The third-order valence-electron chi connectivity index (χ3n) is 1.48. The summed E-state index contributed by atoms with van der Waals surface area (Å²) in [7, 11) is 0. The Morgan fingerprint density at radius 1 is 1.60 bits per heavy atom. The second-order valence-corrected chi connectivity index (χ2v) is 4.31. The SMILES string of the molecule is O=C(O)c1ccc(CSC/C(Cl)=C/Cl)o1. The van der Waals surface area contributed by atoms with E-state index in [-0.39, 0.29) is 5.76 Å². The highest BCUT2D eigenvalue weighted by Gasteiger charge is 2.08. The number of carboxylic acids is 1. The van der Waals surface area contributed by atoms with E-state index in [0.717, 1.165) is 0 Å². The van der Waals surface area contributed by atoms with Crippen molar-refractivity contribution in [3.63, 3.8) is 0 Å². The minimum Gasteiger partial charge on any atom is -0.475 e. The number of aromatic carboxylic acids is 1. The number of carboxylic acid groups (broad SMARTS) is 1. The molecule has 0 saturated heterocycles.